The third-order valence-electron chi connectivity index (χ3n) is 4.39. The van der Waals surface area contributed by atoms with Gasteiger partial charge in [-0.1, -0.05) is 32.1 Å². The minimum Gasteiger partial charge on any atom is -0.351 e. The summed E-state index contributed by atoms with van der Waals surface area (Å²) in [4.78, 5) is 35.6. The highest BCUT2D eigenvalue weighted by atomic mass is 16.2. The predicted molar refractivity (Wildman–Crippen MR) is 77.9 cm³/mol. The van der Waals surface area contributed by atoms with E-state index in [2.05, 4.69) is 5.32 Å². The molecule has 2 fully saturated rings. The number of imide groups is 1. The summed E-state index contributed by atoms with van der Waals surface area (Å²) in [6, 6.07) is 1.04. The molecule has 119 valence electrons. The van der Waals surface area contributed by atoms with Crippen molar-refractivity contribution in [1.82, 2.24) is 10.2 Å². The molecule has 3 N–H and O–H groups in total. The Labute approximate surface area is 129 Å². The van der Waals surface area contributed by atoms with Crippen molar-refractivity contribution < 1.29 is 14.4 Å². The van der Waals surface area contributed by atoms with Gasteiger partial charge < -0.3 is 11.1 Å². The number of hydrogen-bond acceptors (Lipinski definition) is 4. The molecule has 1 atom stereocenters. The van der Waals surface area contributed by atoms with Crippen LogP contribution in [0.4, 0.5) is 4.79 Å². The number of amides is 4. The lowest BCUT2D eigenvalue weighted by molar-refractivity contribution is -0.125. The van der Waals surface area contributed by atoms with E-state index in [1.807, 2.05) is 6.07 Å². The van der Waals surface area contributed by atoms with Crippen molar-refractivity contribution in [2.24, 2.45) is 11.7 Å². The quantitative estimate of drug-likeness (QED) is 0.800. The predicted octanol–water partition coefficient (Wildman–Crippen LogP) is 0.851. The first-order chi connectivity index (χ1) is 10.5. The number of primary amides is 1. The van der Waals surface area contributed by atoms with E-state index in [4.69, 9.17) is 5.73 Å². The average Bonchev–Trinajstić information content (AvgIpc) is 2.84. The molecule has 1 saturated carbocycles. The molecule has 1 saturated heterocycles. The van der Waals surface area contributed by atoms with Crippen LogP contribution >= 0.6 is 0 Å². The highest BCUT2D eigenvalue weighted by Gasteiger charge is 2.46. The molecule has 2 aliphatic rings. The van der Waals surface area contributed by atoms with E-state index in [1.54, 1.807) is 6.42 Å². The van der Waals surface area contributed by atoms with Crippen molar-refractivity contribution in [3.05, 3.63) is 6.42 Å². The fraction of sp³-hybridized carbons (Fsp3) is 0.667. The van der Waals surface area contributed by atoms with Crippen molar-refractivity contribution >= 4 is 17.8 Å². The Kier molecular flexibility index (Phi) is 5.01. The number of carbonyl (C=O) groups is 3. The second kappa shape index (κ2) is 6.77. The smallest absolute Gasteiger partial charge is 0.321 e. The molecule has 22 heavy (non-hydrogen) atoms. The molecule has 4 amide bonds. The Morgan fingerprint density at radius 2 is 2.09 bits per heavy atom. The van der Waals surface area contributed by atoms with Gasteiger partial charge in [0.05, 0.1) is 19.0 Å². The van der Waals surface area contributed by atoms with Gasteiger partial charge in [0.25, 0.3) is 0 Å². The number of urea groups is 1. The summed E-state index contributed by atoms with van der Waals surface area (Å²) >= 11 is 0. The van der Waals surface area contributed by atoms with Crippen LogP contribution in [0.3, 0.4) is 0 Å². The van der Waals surface area contributed by atoms with Crippen molar-refractivity contribution in [3.8, 4) is 6.07 Å². The first kappa shape index (κ1) is 16.3. The van der Waals surface area contributed by atoms with Gasteiger partial charge in [0.2, 0.25) is 11.8 Å². The van der Waals surface area contributed by atoms with Gasteiger partial charge in [-0.2, -0.15) is 5.26 Å². The summed E-state index contributed by atoms with van der Waals surface area (Å²) in [5.41, 5.74) is 3.72. The van der Waals surface area contributed by atoms with Crippen molar-refractivity contribution in [2.75, 3.05) is 6.54 Å². The first-order valence-electron chi connectivity index (χ1n) is 7.62. The third-order valence-corrected chi connectivity index (χ3v) is 4.39. The molecule has 1 heterocycles. The Morgan fingerprint density at radius 1 is 1.41 bits per heavy atom. The molecule has 1 unspecified atom stereocenters. The maximum atomic E-state index is 12.0. The van der Waals surface area contributed by atoms with Crippen LogP contribution in [0.2, 0.25) is 0 Å². The van der Waals surface area contributed by atoms with Gasteiger partial charge in [0.15, 0.2) is 5.54 Å². The summed E-state index contributed by atoms with van der Waals surface area (Å²) < 4.78 is 0. The summed E-state index contributed by atoms with van der Waals surface area (Å²) in [7, 11) is 0. The Bertz CT molecular complexity index is 507. The van der Waals surface area contributed by atoms with E-state index < -0.39 is 17.5 Å². The molecule has 1 radical (unpaired) electrons. The number of nitrogens with two attached hydrogens (primary N) is 1. The molecule has 7 nitrogen and oxygen atoms in total. The number of nitrogens with one attached hydrogen (secondary N) is 1. The second-order valence-electron chi connectivity index (χ2n) is 6.12. The van der Waals surface area contributed by atoms with E-state index in [-0.39, 0.29) is 18.9 Å². The lowest BCUT2D eigenvalue weighted by Gasteiger charge is -2.23. The molecule has 0 aromatic carbocycles. The average molecular weight is 305 g/mol. The zero-order valence-corrected chi connectivity index (χ0v) is 12.5. The summed E-state index contributed by atoms with van der Waals surface area (Å²) in [6.07, 6.45) is 7.91. The largest absolute Gasteiger partial charge is 0.351 e. The van der Waals surface area contributed by atoms with Crippen LogP contribution in [0.15, 0.2) is 0 Å². The van der Waals surface area contributed by atoms with E-state index in [9.17, 15) is 19.6 Å². The zero-order chi connectivity index (χ0) is 16.2. The van der Waals surface area contributed by atoms with Crippen LogP contribution in [-0.4, -0.2) is 34.8 Å². The van der Waals surface area contributed by atoms with Crippen LogP contribution < -0.4 is 11.1 Å². The third kappa shape index (κ3) is 3.75. The number of carbonyl (C=O) groups excluding carboxylic acids is 3. The standard InChI is InChI=1S/C15H21N4O3/c16-9-15(8-13(21)19(10-15)14(17)22)18-12(20)7-6-11-4-2-1-3-5-11/h7,11H,1-6,8,10H2,(H2,17,22)(H,18,20). The fourth-order valence-corrected chi connectivity index (χ4v) is 3.14. The zero-order valence-electron chi connectivity index (χ0n) is 12.5. The number of hydrogen-bond donors (Lipinski definition) is 2. The fourth-order valence-electron chi connectivity index (χ4n) is 3.14. The van der Waals surface area contributed by atoms with Crippen LogP contribution in [0.5, 0.6) is 0 Å². The van der Waals surface area contributed by atoms with Crippen molar-refractivity contribution in [3.63, 3.8) is 0 Å². The van der Waals surface area contributed by atoms with Gasteiger partial charge in [-0.05, 0) is 12.3 Å². The second-order valence-corrected chi connectivity index (χ2v) is 6.12. The minimum absolute atomic E-state index is 0.194. The van der Waals surface area contributed by atoms with E-state index in [0.29, 0.717) is 12.3 Å². The van der Waals surface area contributed by atoms with E-state index in [1.165, 1.54) is 19.3 Å². The molecule has 0 spiro atoms. The monoisotopic (exact) mass is 305 g/mol. The molecule has 2 rings (SSSR count). The summed E-state index contributed by atoms with van der Waals surface area (Å²) in [5.74, 6) is -0.391. The molecular formula is C15H21N4O3. The SMILES string of the molecule is N#CC1(NC(=O)[CH]CC2CCCCC2)CC(=O)N(C(N)=O)C1. The van der Waals surface area contributed by atoms with Gasteiger partial charge >= 0.3 is 6.03 Å². The highest BCUT2D eigenvalue weighted by molar-refractivity contribution is 5.97. The van der Waals surface area contributed by atoms with Crippen LogP contribution in [0.25, 0.3) is 0 Å². The molecule has 1 aliphatic heterocycles. The van der Waals surface area contributed by atoms with Crippen molar-refractivity contribution in [2.45, 2.75) is 50.5 Å². The van der Waals surface area contributed by atoms with Crippen LogP contribution in [0, 0.1) is 23.7 Å². The molecule has 0 bridgehead atoms. The van der Waals surface area contributed by atoms with Gasteiger partial charge in [-0.25, -0.2) is 4.79 Å². The number of likely N-dealkylation sites (tertiary alicyclic amines) is 1. The van der Waals surface area contributed by atoms with E-state index in [0.717, 1.165) is 17.7 Å². The lowest BCUT2D eigenvalue weighted by Crippen LogP contribution is -2.50. The number of rotatable bonds is 4. The van der Waals surface area contributed by atoms with Crippen molar-refractivity contribution in [1.29, 1.82) is 5.26 Å². The minimum atomic E-state index is -1.37. The Hall–Kier alpha value is -2.10. The Morgan fingerprint density at radius 3 is 2.64 bits per heavy atom. The van der Waals surface area contributed by atoms with Crippen LogP contribution in [0.1, 0.15) is 44.9 Å². The van der Waals surface area contributed by atoms with Gasteiger partial charge in [-0.15, -0.1) is 0 Å². The molecule has 0 aromatic rings. The van der Waals surface area contributed by atoms with Gasteiger partial charge in [-0.3, -0.25) is 14.5 Å². The summed E-state index contributed by atoms with van der Waals surface area (Å²) in [6.45, 7) is -0.194. The lowest BCUT2D eigenvalue weighted by atomic mass is 9.86. The number of nitrogens with zero attached hydrogens (tertiary/aromatic N) is 2. The molecular weight excluding hydrogens is 284 g/mol. The number of nitriles is 1. The van der Waals surface area contributed by atoms with Crippen LogP contribution in [-0.2, 0) is 9.59 Å². The summed E-state index contributed by atoms with van der Waals surface area (Å²) in [5, 5.41) is 11.9. The van der Waals surface area contributed by atoms with E-state index >= 15 is 0 Å². The maximum absolute atomic E-state index is 12.0. The first-order valence-corrected chi connectivity index (χ1v) is 7.62. The topological polar surface area (TPSA) is 116 Å². The highest BCUT2D eigenvalue weighted by Crippen LogP contribution is 2.27. The van der Waals surface area contributed by atoms with Gasteiger partial charge in [0, 0.05) is 6.42 Å². The maximum Gasteiger partial charge on any atom is 0.321 e. The normalized spacial score (nSPS) is 25.8. The Balaban J connectivity index is 1.87. The molecule has 7 heteroatoms. The van der Waals surface area contributed by atoms with Gasteiger partial charge in [0.1, 0.15) is 0 Å². The molecule has 0 aromatic heterocycles. The molecule has 1 aliphatic carbocycles.